The SMILES string of the molecule is CCNC(=S)Nc1cccc(C)c1.O=CO. The van der Waals surface area contributed by atoms with Gasteiger partial charge in [0.1, 0.15) is 0 Å². The molecule has 3 N–H and O–H groups in total. The van der Waals surface area contributed by atoms with Gasteiger partial charge in [-0.2, -0.15) is 0 Å². The first kappa shape index (κ1) is 14.4. The number of hydrogen-bond donors (Lipinski definition) is 3. The lowest BCUT2D eigenvalue weighted by molar-refractivity contribution is -0.122. The van der Waals surface area contributed by atoms with Crippen LogP contribution in [0.3, 0.4) is 0 Å². The summed E-state index contributed by atoms with van der Waals surface area (Å²) < 4.78 is 0. The van der Waals surface area contributed by atoms with E-state index in [1.165, 1.54) is 5.56 Å². The Hall–Kier alpha value is -1.62. The van der Waals surface area contributed by atoms with Gasteiger partial charge in [0.15, 0.2) is 5.11 Å². The molecule has 1 rings (SSSR count). The molecule has 0 saturated heterocycles. The van der Waals surface area contributed by atoms with Crippen molar-refractivity contribution in [3.05, 3.63) is 29.8 Å². The minimum Gasteiger partial charge on any atom is -0.483 e. The molecule has 0 atom stereocenters. The Morgan fingerprint density at radius 1 is 1.56 bits per heavy atom. The molecule has 0 amide bonds. The zero-order chi connectivity index (χ0) is 12.4. The molecule has 1 aromatic carbocycles. The minimum atomic E-state index is -0.250. The molecule has 0 aliphatic carbocycles. The van der Waals surface area contributed by atoms with Crippen LogP contribution in [0.4, 0.5) is 5.69 Å². The minimum absolute atomic E-state index is 0.250. The fraction of sp³-hybridized carbons (Fsp3) is 0.273. The second kappa shape index (κ2) is 8.67. The first-order valence-corrected chi connectivity index (χ1v) is 5.24. The molecule has 0 aliphatic rings. The summed E-state index contributed by atoms with van der Waals surface area (Å²) in [5, 5.41) is 13.7. The average Bonchev–Trinajstić information content (AvgIpc) is 2.19. The van der Waals surface area contributed by atoms with Crippen molar-refractivity contribution in [3.63, 3.8) is 0 Å². The monoisotopic (exact) mass is 240 g/mol. The normalized spacial score (nSPS) is 8.38. The summed E-state index contributed by atoms with van der Waals surface area (Å²) >= 11 is 5.06. The van der Waals surface area contributed by atoms with E-state index in [1.807, 2.05) is 19.1 Å². The van der Waals surface area contributed by atoms with Gasteiger partial charge in [-0.05, 0) is 43.8 Å². The first-order valence-electron chi connectivity index (χ1n) is 4.83. The second-order valence-corrected chi connectivity index (χ2v) is 3.37. The zero-order valence-corrected chi connectivity index (χ0v) is 10.2. The molecule has 88 valence electrons. The van der Waals surface area contributed by atoms with E-state index in [0.29, 0.717) is 5.11 Å². The zero-order valence-electron chi connectivity index (χ0n) is 9.36. The fourth-order valence-corrected chi connectivity index (χ4v) is 1.32. The van der Waals surface area contributed by atoms with E-state index in [0.717, 1.165) is 12.2 Å². The van der Waals surface area contributed by atoms with Crippen molar-refractivity contribution in [2.24, 2.45) is 0 Å². The van der Waals surface area contributed by atoms with E-state index in [4.69, 9.17) is 22.1 Å². The number of nitrogens with one attached hydrogen (secondary N) is 2. The summed E-state index contributed by atoms with van der Waals surface area (Å²) in [6.45, 7) is 4.67. The van der Waals surface area contributed by atoms with E-state index in [1.54, 1.807) is 0 Å². The highest BCUT2D eigenvalue weighted by Gasteiger charge is 1.94. The van der Waals surface area contributed by atoms with Gasteiger partial charge in [0.2, 0.25) is 0 Å². The maximum absolute atomic E-state index is 8.36. The maximum Gasteiger partial charge on any atom is 0.290 e. The summed E-state index contributed by atoms with van der Waals surface area (Å²) in [4.78, 5) is 8.36. The first-order chi connectivity index (χ1) is 7.63. The highest BCUT2D eigenvalue weighted by atomic mass is 32.1. The van der Waals surface area contributed by atoms with Crippen LogP contribution in [0, 0.1) is 6.92 Å². The molecular weight excluding hydrogens is 224 g/mol. The van der Waals surface area contributed by atoms with E-state index in [2.05, 4.69) is 29.7 Å². The third-order valence-corrected chi connectivity index (χ3v) is 1.86. The van der Waals surface area contributed by atoms with Crippen LogP contribution in [-0.4, -0.2) is 23.2 Å². The van der Waals surface area contributed by atoms with Gasteiger partial charge in [-0.15, -0.1) is 0 Å². The van der Waals surface area contributed by atoms with Gasteiger partial charge in [-0.1, -0.05) is 12.1 Å². The molecule has 5 heteroatoms. The summed E-state index contributed by atoms with van der Waals surface area (Å²) in [6.07, 6.45) is 0. The number of benzene rings is 1. The van der Waals surface area contributed by atoms with Gasteiger partial charge in [0.05, 0.1) is 0 Å². The predicted molar refractivity (Wildman–Crippen MR) is 69.8 cm³/mol. The third kappa shape index (κ3) is 6.78. The molecule has 0 fully saturated rings. The molecule has 0 bridgehead atoms. The lowest BCUT2D eigenvalue weighted by Crippen LogP contribution is -2.27. The smallest absolute Gasteiger partial charge is 0.290 e. The Balaban J connectivity index is 0.000000673. The van der Waals surface area contributed by atoms with Crippen LogP contribution in [0.1, 0.15) is 12.5 Å². The van der Waals surface area contributed by atoms with Gasteiger partial charge < -0.3 is 15.7 Å². The second-order valence-electron chi connectivity index (χ2n) is 2.96. The van der Waals surface area contributed by atoms with Crippen molar-refractivity contribution in [1.29, 1.82) is 0 Å². The molecule has 4 nitrogen and oxygen atoms in total. The van der Waals surface area contributed by atoms with Gasteiger partial charge in [-0.3, -0.25) is 4.79 Å². The average molecular weight is 240 g/mol. The molecule has 0 spiro atoms. The molecule has 0 unspecified atom stereocenters. The Morgan fingerprint density at radius 3 is 2.69 bits per heavy atom. The Kier molecular flexibility index (Phi) is 7.79. The number of aryl methyl sites for hydroxylation is 1. The van der Waals surface area contributed by atoms with Gasteiger partial charge in [0.25, 0.3) is 6.47 Å². The fourth-order valence-electron chi connectivity index (χ4n) is 1.06. The molecule has 0 saturated carbocycles. The Bertz CT molecular complexity index is 343. The van der Waals surface area contributed by atoms with Crippen molar-refractivity contribution in [3.8, 4) is 0 Å². The van der Waals surface area contributed by atoms with Gasteiger partial charge in [-0.25, -0.2) is 0 Å². The van der Waals surface area contributed by atoms with E-state index < -0.39 is 0 Å². The van der Waals surface area contributed by atoms with Crippen molar-refractivity contribution < 1.29 is 9.90 Å². The molecule has 0 aliphatic heterocycles. The van der Waals surface area contributed by atoms with Crippen LogP contribution in [0.2, 0.25) is 0 Å². The Labute approximate surface area is 101 Å². The quantitative estimate of drug-likeness (QED) is 0.545. The van der Waals surface area contributed by atoms with Crippen LogP contribution in [0.25, 0.3) is 0 Å². The molecule has 16 heavy (non-hydrogen) atoms. The lowest BCUT2D eigenvalue weighted by Gasteiger charge is -2.08. The number of hydrogen-bond acceptors (Lipinski definition) is 2. The van der Waals surface area contributed by atoms with Crippen LogP contribution in [-0.2, 0) is 4.79 Å². The van der Waals surface area contributed by atoms with Crippen molar-refractivity contribution in [2.75, 3.05) is 11.9 Å². The highest BCUT2D eigenvalue weighted by molar-refractivity contribution is 7.80. The lowest BCUT2D eigenvalue weighted by atomic mass is 10.2. The van der Waals surface area contributed by atoms with Crippen LogP contribution < -0.4 is 10.6 Å². The molecule has 0 aromatic heterocycles. The number of anilines is 1. The predicted octanol–water partition coefficient (Wildman–Crippen LogP) is 2.00. The molecule has 0 radical (unpaired) electrons. The molecule has 1 aromatic rings. The highest BCUT2D eigenvalue weighted by Crippen LogP contribution is 2.08. The number of thiocarbonyl (C=S) groups is 1. The van der Waals surface area contributed by atoms with Crippen molar-refractivity contribution in [1.82, 2.24) is 5.32 Å². The third-order valence-electron chi connectivity index (χ3n) is 1.61. The number of carbonyl (C=O) groups is 1. The van der Waals surface area contributed by atoms with Crippen LogP contribution in [0.5, 0.6) is 0 Å². The van der Waals surface area contributed by atoms with Gasteiger partial charge in [0, 0.05) is 12.2 Å². The molecular formula is C11H16N2O2S. The summed E-state index contributed by atoms with van der Waals surface area (Å²) in [7, 11) is 0. The van der Waals surface area contributed by atoms with Crippen LogP contribution in [0.15, 0.2) is 24.3 Å². The van der Waals surface area contributed by atoms with Crippen molar-refractivity contribution >= 4 is 29.5 Å². The van der Waals surface area contributed by atoms with E-state index >= 15 is 0 Å². The largest absolute Gasteiger partial charge is 0.483 e. The van der Waals surface area contributed by atoms with Crippen molar-refractivity contribution in [2.45, 2.75) is 13.8 Å². The summed E-state index contributed by atoms with van der Waals surface area (Å²) in [5.74, 6) is 0. The maximum atomic E-state index is 8.36. The standard InChI is InChI=1S/C10H14N2S.CH2O2/c1-3-11-10(13)12-9-6-4-5-8(2)7-9;2-1-3/h4-7H,3H2,1-2H3,(H2,11,12,13);1H,(H,2,3). The number of carboxylic acid groups (broad SMARTS) is 1. The topological polar surface area (TPSA) is 61.4 Å². The summed E-state index contributed by atoms with van der Waals surface area (Å²) in [5.41, 5.74) is 2.26. The van der Waals surface area contributed by atoms with E-state index in [9.17, 15) is 0 Å². The van der Waals surface area contributed by atoms with E-state index in [-0.39, 0.29) is 6.47 Å². The van der Waals surface area contributed by atoms with Crippen LogP contribution >= 0.6 is 12.2 Å². The Morgan fingerprint density at radius 2 is 2.19 bits per heavy atom. The summed E-state index contributed by atoms with van der Waals surface area (Å²) in [6, 6.07) is 8.12. The number of rotatable bonds is 2. The van der Waals surface area contributed by atoms with Gasteiger partial charge >= 0.3 is 0 Å². The molecule has 0 heterocycles.